The fourth-order valence-electron chi connectivity index (χ4n) is 2.75. The first-order chi connectivity index (χ1) is 14.7. The summed E-state index contributed by atoms with van der Waals surface area (Å²) in [6.45, 7) is 2.38. The van der Waals surface area contributed by atoms with Crippen LogP contribution in [0.4, 0.5) is 15.8 Å². The molecule has 3 aromatic rings. The van der Waals surface area contributed by atoms with Crippen LogP contribution in [0, 0.1) is 29.8 Å². The summed E-state index contributed by atoms with van der Waals surface area (Å²) in [6.07, 6.45) is 0. The summed E-state index contributed by atoms with van der Waals surface area (Å²) in [6, 6.07) is 7.94. The van der Waals surface area contributed by atoms with Gasteiger partial charge in [-0.2, -0.15) is 0 Å². The normalized spacial score (nSPS) is 10.6. The van der Waals surface area contributed by atoms with E-state index in [0.717, 1.165) is 6.07 Å². The molecule has 0 aliphatic heterocycles. The SMILES string of the molecule is Cc1ccc([N+](=O)[O-])cc1NC(=O)COC(=O)c1c(-c2c(F)cccc2Cl)noc1C. The average Bonchev–Trinajstić information content (AvgIpc) is 3.08. The van der Waals surface area contributed by atoms with Gasteiger partial charge in [0.05, 0.1) is 21.2 Å². The van der Waals surface area contributed by atoms with E-state index in [-0.39, 0.29) is 39.0 Å². The van der Waals surface area contributed by atoms with Crippen molar-refractivity contribution in [2.75, 3.05) is 11.9 Å². The molecule has 0 saturated carbocycles. The Hall–Kier alpha value is -3.79. The largest absolute Gasteiger partial charge is 0.452 e. The van der Waals surface area contributed by atoms with Gasteiger partial charge in [-0.1, -0.05) is 28.9 Å². The fourth-order valence-corrected chi connectivity index (χ4v) is 3.01. The molecule has 0 unspecified atom stereocenters. The van der Waals surface area contributed by atoms with E-state index in [9.17, 15) is 24.1 Å². The first-order valence-electron chi connectivity index (χ1n) is 8.81. The maximum absolute atomic E-state index is 14.2. The molecule has 1 amide bonds. The molecular formula is C20H15ClFN3O6. The number of benzene rings is 2. The van der Waals surface area contributed by atoms with Crippen molar-refractivity contribution < 1.29 is 28.2 Å². The molecule has 1 heterocycles. The average molecular weight is 448 g/mol. The van der Waals surface area contributed by atoms with Gasteiger partial charge in [0, 0.05) is 12.1 Å². The summed E-state index contributed by atoms with van der Waals surface area (Å²) in [5.74, 6) is -2.36. The maximum atomic E-state index is 14.2. The highest BCUT2D eigenvalue weighted by Gasteiger charge is 2.27. The van der Waals surface area contributed by atoms with Crippen LogP contribution in [0.1, 0.15) is 21.7 Å². The number of nitrogens with one attached hydrogen (secondary N) is 1. The van der Waals surface area contributed by atoms with Gasteiger partial charge in [-0.15, -0.1) is 0 Å². The van der Waals surface area contributed by atoms with Crippen LogP contribution in [0.5, 0.6) is 0 Å². The molecule has 1 N–H and O–H groups in total. The number of hydrogen-bond acceptors (Lipinski definition) is 7. The second-order valence-corrected chi connectivity index (χ2v) is 6.85. The molecule has 0 aliphatic carbocycles. The number of amides is 1. The quantitative estimate of drug-likeness (QED) is 0.336. The summed E-state index contributed by atoms with van der Waals surface area (Å²) in [4.78, 5) is 35.0. The van der Waals surface area contributed by atoms with Crippen molar-refractivity contribution in [2.24, 2.45) is 0 Å². The Balaban J connectivity index is 1.75. The Labute approximate surface area is 179 Å². The van der Waals surface area contributed by atoms with Crippen molar-refractivity contribution in [3.05, 3.63) is 74.2 Å². The third kappa shape index (κ3) is 4.69. The molecule has 0 radical (unpaired) electrons. The van der Waals surface area contributed by atoms with E-state index < -0.39 is 29.2 Å². The molecule has 1 aromatic heterocycles. The van der Waals surface area contributed by atoms with Crippen LogP contribution < -0.4 is 5.32 Å². The highest BCUT2D eigenvalue weighted by atomic mass is 35.5. The Morgan fingerprint density at radius 1 is 1.29 bits per heavy atom. The van der Waals surface area contributed by atoms with E-state index in [1.165, 1.54) is 37.3 Å². The first-order valence-corrected chi connectivity index (χ1v) is 9.19. The molecular weight excluding hydrogens is 433 g/mol. The molecule has 31 heavy (non-hydrogen) atoms. The maximum Gasteiger partial charge on any atom is 0.344 e. The van der Waals surface area contributed by atoms with Crippen molar-refractivity contribution >= 4 is 34.9 Å². The molecule has 2 aromatic carbocycles. The van der Waals surface area contributed by atoms with Crippen LogP contribution in [0.2, 0.25) is 5.02 Å². The lowest BCUT2D eigenvalue weighted by Crippen LogP contribution is -2.21. The zero-order valence-corrected chi connectivity index (χ0v) is 17.0. The number of anilines is 1. The number of aromatic nitrogens is 1. The number of hydrogen-bond donors (Lipinski definition) is 1. The zero-order valence-electron chi connectivity index (χ0n) is 16.3. The number of carbonyl (C=O) groups is 2. The van der Waals surface area contributed by atoms with Crippen molar-refractivity contribution in [2.45, 2.75) is 13.8 Å². The Kier molecular flexibility index (Phi) is 6.30. The number of non-ortho nitro benzene ring substituents is 1. The van der Waals surface area contributed by atoms with Gasteiger partial charge in [0.1, 0.15) is 22.8 Å². The molecule has 3 rings (SSSR count). The summed E-state index contributed by atoms with van der Waals surface area (Å²) >= 11 is 6.03. The number of halogens is 2. The van der Waals surface area contributed by atoms with Gasteiger partial charge in [0.25, 0.3) is 11.6 Å². The molecule has 0 aliphatic rings. The van der Waals surface area contributed by atoms with Gasteiger partial charge >= 0.3 is 5.97 Å². The van der Waals surface area contributed by atoms with Crippen molar-refractivity contribution in [1.82, 2.24) is 5.16 Å². The number of rotatable bonds is 6. The molecule has 0 saturated heterocycles. The standard InChI is InChI=1S/C20H15ClFN3O6/c1-10-6-7-12(25(28)29)8-15(10)23-16(26)9-30-20(27)17-11(2)31-24-19(17)18-13(21)4-3-5-14(18)22/h3-8H,9H2,1-2H3,(H,23,26). The topological polar surface area (TPSA) is 125 Å². The minimum atomic E-state index is -0.973. The molecule has 9 nitrogen and oxygen atoms in total. The number of nitro benzene ring substituents is 1. The van der Waals surface area contributed by atoms with Gasteiger partial charge in [0.2, 0.25) is 0 Å². The Morgan fingerprint density at radius 2 is 2.03 bits per heavy atom. The Bertz CT molecular complexity index is 1170. The van der Waals surface area contributed by atoms with Crippen LogP contribution in [-0.2, 0) is 9.53 Å². The van der Waals surface area contributed by atoms with E-state index in [1.54, 1.807) is 6.92 Å². The highest BCUT2D eigenvalue weighted by Crippen LogP contribution is 2.33. The van der Waals surface area contributed by atoms with Crippen molar-refractivity contribution in [3.8, 4) is 11.3 Å². The second kappa shape index (κ2) is 8.92. The number of nitro groups is 1. The van der Waals surface area contributed by atoms with Gasteiger partial charge in [0.15, 0.2) is 6.61 Å². The third-order valence-electron chi connectivity index (χ3n) is 4.31. The molecule has 0 atom stereocenters. The number of nitrogens with zero attached hydrogens (tertiary/aromatic N) is 2. The number of ether oxygens (including phenoxy) is 1. The lowest BCUT2D eigenvalue weighted by atomic mass is 10.1. The minimum absolute atomic E-state index is 0.0150. The van der Waals surface area contributed by atoms with E-state index in [2.05, 4.69) is 10.5 Å². The fraction of sp³-hybridized carbons (Fsp3) is 0.150. The lowest BCUT2D eigenvalue weighted by molar-refractivity contribution is -0.384. The summed E-state index contributed by atoms with van der Waals surface area (Å²) < 4.78 is 24.2. The molecule has 11 heteroatoms. The predicted octanol–water partition coefficient (Wildman–Crippen LogP) is 4.45. The lowest BCUT2D eigenvalue weighted by Gasteiger charge is -2.09. The van der Waals surface area contributed by atoms with Crippen LogP contribution in [-0.4, -0.2) is 28.6 Å². The van der Waals surface area contributed by atoms with E-state index in [0.29, 0.717) is 5.56 Å². The molecule has 0 bridgehead atoms. The van der Waals surface area contributed by atoms with Crippen LogP contribution in [0.3, 0.4) is 0 Å². The molecule has 0 fully saturated rings. The van der Waals surface area contributed by atoms with Crippen LogP contribution in [0.15, 0.2) is 40.9 Å². The monoisotopic (exact) mass is 447 g/mol. The van der Waals surface area contributed by atoms with Crippen LogP contribution >= 0.6 is 11.6 Å². The third-order valence-corrected chi connectivity index (χ3v) is 4.62. The smallest absolute Gasteiger partial charge is 0.344 e. The highest BCUT2D eigenvalue weighted by molar-refractivity contribution is 6.33. The summed E-state index contributed by atoms with van der Waals surface area (Å²) in [5.41, 5.74) is 0.118. The van der Waals surface area contributed by atoms with E-state index >= 15 is 0 Å². The van der Waals surface area contributed by atoms with Crippen molar-refractivity contribution in [3.63, 3.8) is 0 Å². The van der Waals surface area contributed by atoms with Gasteiger partial charge < -0.3 is 14.6 Å². The second-order valence-electron chi connectivity index (χ2n) is 6.44. The Morgan fingerprint density at radius 3 is 2.71 bits per heavy atom. The van der Waals surface area contributed by atoms with Gasteiger partial charge in [-0.3, -0.25) is 14.9 Å². The van der Waals surface area contributed by atoms with Gasteiger partial charge in [-0.25, -0.2) is 9.18 Å². The van der Waals surface area contributed by atoms with Gasteiger partial charge in [-0.05, 0) is 31.5 Å². The molecule has 0 spiro atoms. The number of aryl methyl sites for hydroxylation is 2. The van der Waals surface area contributed by atoms with Crippen molar-refractivity contribution in [1.29, 1.82) is 0 Å². The zero-order chi connectivity index (χ0) is 22.7. The first kappa shape index (κ1) is 21.9. The molecule has 160 valence electrons. The van der Waals surface area contributed by atoms with Crippen LogP contribution in [0.25, 0.3) is 11.3 Å². The number of carbonyl (C=O) groups excluding carboxylic acids is 2. The summed E-state index contributed by atoms with van der Waals surface area (Å²) in [7, 11) is 0. The number of esters is 1. The van der Waals surface area contributed by atoms with E-state index in [4.69, 9.17) is 20.9 Å². The van der Waals surface area contributed by atoms with E-state index in [1.807, 2.05) is 0 Å². The summed E-state index contributed by atoms with van der Waals surface area (Å²) in [5, 5.41) is 17.1. The minimum Gasteiger partial charge on any atom is -0.452 e. The predicted molar refractivity (Wildman–Crippen MR) is 108 cm³/mol.